The third-order valence-electron chi connectivity index (χ3n) is 7.67. The number of hydrogen-bond acceptors (Lipinski definition) is 6. The van der Waals surface area contributed by atoms with E-state index in [1.54, 1.807) is 6.07 Å². The van der Waals surface area contributed by atoms with Crippen LogP contribution in [0, 0.1) is 6.92 Å². The van der Waals surface area contributed by atoms with Crippen LogP contribution >= 0.6 is 0 Å². The Labute approximate surface area is 221 Å². The Hall–Kier alpha value is -2.87. The molecule has 202 valence electrons. The van der Waals surface area contributed by atoms with Gasteiger partial charge in [0.25, 0.3) is 5.56 Å². The second-order valence-corrected chi connectivity index (χ2v) is 10.5. The van der Waals surface area contributed by atoms with Crippen LogP contribution in [0.15, 0.2) is 35.1 Å². The smallest absolute Gasteiger partial charge is 0.252 e. The molecular formula is C29H44N6O2. The van der Waals surface area contributed by atoms with Crippen molar-refractivity contribution in [2.75, 3.05) is 62.2 Å². The van der Waals surface area contributed by atoms with E-state index in [0.717, 1.165) is 44.7 Å². The van der Waals surface area contributed by atoms with Crippen molar-refractivity contribution in [3.8, 4) is 0 Å². The molecule has 2 saturated heterocycles. The largest absolute Gasteiger partial charge is 0.369 e. The number of anilines is 2. The van der Waals surface area contributed by atoms with E-state index < -0.39 is 0 Å². The molecule has 0 spiro atoms. The van der Waals surface area contributed by atoms with E-state index in [2.05, 4.69) is 57.8 Å². The minimum Gasteiger partial charge on any atom is -0.369 e. The van der Waals surface area contributed by atoms with Gasteiger partial charge in [-0.15, -0.1) is 0 Å². The lowest BCUT2D eigenvalue weighted by atomic mass is 10.1. The highest BCUT2D eigenvalue weighted by Crippen LogP contribution is 2.21. The van der Waals surface area contributed by atoms with Crippen LogP contribution in [0.25, 0.3) is 0 Å². The van der Waals surface area contributed by atoms with E-state index in [0.29, 0.717) is 45.1 Å². The zero-order valence-electron chi connectivity index (χ0n) is 22.8. The first kappa shape index (κ1) is 27.2. The molecule has 2 fully saturated rings. The van der Waals surface area contributed by atoms with E-state index >= 15 is 0 Å². The fourth-order valence-electron chi connectivity index (χ4n) is 5.40. The van der Waals surface area contributed by atoms with Gasteiger partial charge in [-0.3, -0.25) is 19.5 Å². The number of carbonyl (C=O) groups excluding carboxylic acids is 1. The van der Waals surface area contributed by atoms with Gasteiger partial charge < -0.3 is 14.7 Å². The van der Waals surface area contributed by atoms with Gasteiger partial charge in [-0.2, -0.15) is 0 Å². The molecule has 8 nitrogen and oxygen atoms in total. The first-order valence-corrected chi connectivity index (χ1v) is 14.2. The number of aryl methyl sites for hydroxylation is 1. The maximum Gasteiger partial charge on any atom is 0.252 e. The Bertz CT molecular complexity index is 1050. The normalized spacial score (nSPS) is 16.9. The number of benzene rings is 1. The number of nitrogens with zero attached hydrogens (tertiary/aromatic N) is 5. The average Bonchev–Trinajstić information content (AvgIpc) is 2.91. The first-order valence-electron chi connectivity index (χ1n) is 14.2. The second-order valence-electron chi connectivity index (χ2n) is 10.5. The van der Waals surface area contributed by atoms with Gasteiger partial charge in [-0.05, 0) is 25.0 Å². The van der Waals surface area contributed by atoms with Gasteiger partial charge >= 0.3 is 0 Å². The standard InChI is InChI=1S/C29H44N6O2/c1-3-4-5-6-7-8-13-28(37)34-18-20-35(21-19-34)29-30-25(22-27(36)31-29)23-32-14-16-33(17-15-32)26-12-10-9-11-24(26)2/h9-12,22H,3-8,13-21,23H2,1-2H3,(H,30,31,36). The van der Waals surface area contributed by atoms with Crippen molar-refractivity contribution in [2.45, 2.75) is 65.3 Å². The number of piperazine rings is 2. The summed E-state index contributed by atoms with van der Waals surface area (Å²) in [4.78, 5) is 41.7. The molecule has 2 aromatic rings. The van der Waals surface area contributed by atoms with Gasteiger partial charge in [-0.25, -0.2) is 4.98 Å². The molecule has 1 aromatic carbocycles. The third-order valence-corrected chi connectivity index (χ3v) is 7.67. The lowest BCUT2D eigenvalue weighted by Crippen LogP contribution is -2.49. The van der Waals surface area contributed by atoms with Gasteiger partial charge in [0.05, 0.1) is 5.69 Å². The van der Waals surface area contributed by atoms with Crippen molar-refractivity contribution in [1.29, 1.82) is 0 Å². The molecule has 37 heavy (non-hydrogen) atoms. The highest BCUT2D eigenvalue weighted by Gasteiger charge is 2.23. The van der Waals surface area contributed by atoms with Crippen LogP contribution in [-0.2, 0) is 11.3 Å². The van der Waals surface area contributed by atoms with E-state index in [9.17, 15) is 9.59 Å². The number of para-hydroxylation sites is 1. The summed E-state index contributed by atoms with van der Waals surface area (Å²) in [5, 5.41) is 0. The van der Waals surface area contributed by atoms with E-state index in [1.807, 2.05) is 4.90 Å². The molecule has 8 heteroatoms. The number of carbonyl (C=O) groups is 1. The highest BCUT2D eigenvalue weighted by atomic mass is 16.2. The Morgan fingerprint density at radius 3 is 2.30 bits per heavy atom. The molecule has 4 rings (SSSR count). The Morgan fingerprint density at radius 1 is 0.892 bits per heavy atom. The number of H-pyrrole nitrogens is 1. The molecule has 1 N–H and O–H groups in total. The van der Waals surface area contributed by atoms with Crippen LogP contribution < -0.4 is 15.4 Å². The number of aromatic nitrogens is 2. The SMILES string of the molecule is CCCCCCCCC(=O)N1CCN(c2nc(CN3CCN(c4ccccc4C)CC3)cc(=O)[nH]2)CC1. The fourth-order valence-corrected chi connectivity index (χ4v) is 5.40. The summed E-state index contributed by atoms with van der Waals surface area (Å²) < 4.78 is 0. The van der Waals surface area contributed by atoms with Crippen molar-refractivity contribution >= 4 is 17.5 Å². The van der Waals surface area contributed by atoms with E-state index in [4.69, 9.17) is 4.98 Å². The topological polar surface area (TPSA) is 75.8 Å². The van der Waals surface area contributed by atoms with E-state index in [-0.39, 0.29) is 11.5 Å². The van der Waals surface area contributed by atoms with Crippen molar-refractivity contribution in [2.24, 2.45) is 0 Å². The zero-order valence-corrected chi connectivity index (χ0v) is 22.8. The first-order chi connectivity index (χ1) is 18.0. The summed E-state index contributed by atoms with van der Waals surface area (Å²) in [5.41, 5.74) is 3.31. The summed E-state index contributed by atoms with van der Waals surface area (Å²) in [5.74, 6) is 0.888. The van der Waals surface area contributed by atoms with Gasteiger partial charge in [0.15, 0.2) is 0 Å². The molecule has 1 aromatic heterocycles. The molecule has 0 aliphatic carbocycles. The number of hydrogen-bond donors (Lipinski definition) is 1. The predicted molar refractivity (Wildman–Crippen MR) is 150 cm³/mol. The van der Waals surface area contributed by atoms with Crippen LogP contribution in [0.4, 0.5) is 11.6 Å². The molecule has 0 radical (unpaired) electrons. The van der Waals surface area contributed by atoms with Gasteiger partial charge in [-0.1, -0.05) is 57.2 Å². The summed E-state index contributed by atoms with van der Waals surface area (Å²) in [6.07, 6.45) is 7.82. The minimum absolute atomic E-state index is 0.111. The summed E-state index contributed by atoms with van der Waals surface area (Å²) in [6.45, 7) is 11.6. The third kappa shape index (κ3) is 7.81. The van der Waals surface area contributed by atoms with Crippen molar-refractivity contribution in [1.82, 2.24) is 19.8 Å². The number of unbranched alkanes of at least 4 members (excludes halogenated alkanes) is 5. The maximum absolute atomic E-state index is 12.6. The number of rotatable bonds is 11. The van der Waals surface area contributed by atoms with Gasteiger partial charge in [0.2, 0.25) is 11.9 Å². The molecule has 0 bridgehead atoms. The van der Waals surface area contributed by atoms with Crippen molar-refractivity contribution in [3.63, 3.8) is 0 Å². The van der Waals surface area contributed by atoms with Gasteiger partial charge in [0.1, 0.15) is 0 Å². The van der Waals surface area contributed by atoms with E-state index in [1.165, 1.54) is 36.9 Å². The lowest BCUT2D eigenvalue weighted by Gasteiger charge is -2.37. The lowest BCUT2D eigenvalue weighted by molar-refractivity contribution is -0.131. The van der Waals surface area contributed by atoms with Crippen molar-refractivity contribution in [3.05, 3.63) is 51.9 Å². The van der Waals surface area contributed by atoms with Crippen molar-refractivity contribution < 1.29 is 4.79 Å². The summed E-state index contributed by atoms with van der Waals surface area (Å²) >= 11 is 0. The van der Waals surface area contributed by atoms with Crippen LogP contribution in [0.3, 0.4) is 0 Å². The minimum atomic E-state index is -0.111. The van der Waals surface area contributed by atoms with Crippen LogP contribution in [0.1, 0.15) is 63.1 Å². The van der Waals surface area contributed by atoms with Crippen LogP contribution in [0.2, 0.25) is 0 Å². The molecule has 1 amide bonds. The summed E-state index contributed by atoms with van der Waals surface area (Å²) in [7, 11) is 0. The molecule has 0 unspecified atom stereocenters. The molecular weight excluding hydrogens is 464 g/mol. The maximum atomic E-state index is 12.6. The number of aromatic amines is 1. The zero-order chi connectivity index (χ0) is 26.0. The molecule has 3 heterocycles. The highest BCUT2D eigenvalue weighted by molar-refractivity contribution is 5.76. The monoisotopic (exact) mass is 508 g/mol. The molecule has 2 aliphatic heterocycles. The number of amides is 1. The number of nitrogens with one attached hydrogen (secondary N) is 1. The molecule has 0 atom stereocenters. The Kier molecular flexibility index (Phi) is 9.99. The summed E-state index contributed by atoms with van der Waals surface area (Å²) in [6, 6.07) is 10.2. The average molecular weight is 509 g/mol. The molecule has 2 aliphatic rings. The quantitative estimate of drug-likeness (QED) is 0.466. The van der Waals surface area contributed by atoms with Crippen LogP contribution in [0.5, 0.6) is 0 Å². The molecule has 0 saturated carbocycles. The van der Waals surface area contributed by atoms with Gasteiger partial charge in [0, 0.05) is 77.1 Å². The second kappa shape index (κ2) is 13.6. The van der Waals surface area contributed by atoms with Crippen LogP contribution in [-0.4, -0.2) is 78.0 Å². The fraction of sp³-hybridized carbons (Fsp3) is 0.621. The Balaban J connectivity index is 1.24. The predicted octanol–water partition coefficient (Wildman–Crippen LogP) is 3.80. The Morgan fingerprint density at radius 2 is 1.57 bits per heavy atom.